The molecule has 4 aromatic rings. The van der Waals surface area contributed by atoms with Gasteiger partial charge < -0.3 is 4.98 Å². The van der Waals surface area contributed by atoms with E-state index in [0.717, 1.165) is 28.2 Å². The summed E-state index contributed by atoms with van der Waals surface area (Å²) in [7, 11) is -3.95. The van der Waals surface area contributed by atoms with Gasteiger partial charge in [-0.25, -0.2) is 17.2 Å². The van der Waals surface area contributed by atoms with Gasteiger partial charge in [-0.3, -0.25) is 4.72 Å². The highest BCUT2D eigenvalue weighted by atomic mass is 32.2. The first-order valence-electron chi connectivity index (χ1n) is 8.49. The summed E-state index contributed by atoms with van der Waals surface area (Å²) in [6, 6.07) is 16.7. The van der Waals surface area contributed by atoms with Crippen LogP contribution in [0.15, 0.2) is 71.6 Å². The molecule has 4 rings (SSSR count). The SMILES string of the molecule is Cc1ccc(F)cc1S(=O)(=O)Nc1cccc(-c2cc3cc(F)ccc3[nH]2)c1. The number of aromatic amines is 1. The second-order valence-corrected chi connectivity index (χ2v) is 8.16. The van der Waals surface area contributed by atoms with Crippen LogP contribution in [0.25, 0.3) is 22.2 Å². The van der Waals surface area contributed by atoms with E-state index < -0.39 is 15.8 Å². The van der Waals surface area contributed by atoms with Gasteiger partial charge in [0, 0.05) is 27.8 Å². The average Bonchev–Trinajstić information content (AvgIpc) is 3.06. The molecule has 0 amide bonds. The van der Waals surface area contributed by atoms with E-state index in [-0.39, 0.29) is 10.7 Å². The second-order valence-electron chi connectivity index (χ2n) is 6.51. The van der Waals surface area contributed by atoms with E-state index in [0.29, 0.717) is 11.3 Å². The summed E-state index contributed by atoms with van der Waals surface area (Å²) in [5.41, 5.74) is 3.02. The summed E-state index contributed by atoms with van der Waals surface area (Å²) < 4.78 is 54.7. The predicted octanol–water partition coefficient (Wildman–Crippen LogP) is 5.22. The Morgan fingerprint density at radius 3 is 2.46 bits per heavy atom. The van der Waals surface area contributed by atoms with Gasteiger partial charge in [-0.1, -0.05) is 18.2 Å². The van der Waals surface area contributed by atoms with Crippen molar-refractivity contribution in [3.63, 3.8) is 0 Å². The summed E-state index contributed by atoms with van der Waals surface area (Å²) in [6.07, 6.45) is 0. The fraction of sp³-hybridized carbons (Fsp3) is 0.0476. The second kappa shape index (κ2) is 6.76. The third-order valence-electron chi connectivity index (χ3n) is 4.45. The van der Waals surface area contributed by atoms with Gasteiger partial charge in [-0.2, -0.15) is 0 Å². The van der Waals surface area contributed by atoms with Crippen molar-refractivity contribution >= 4 is 26.6 Å². The van der Waals surface area contributed by atoms with Gasteiger partial charge in [0.1, 0.15) is 11.6 Å². The molecule has 7 heteroatoms. The minimum atomic E-state index is -3.95. The standard InChI is InChI=1S/C21H16F2N2O2S/c1-13-5-6-17(23)12-21(13)28(26,27)25-18-4-2-3-14(10-18)20-11-15-9-16(22)7-8-19(15)24-20/h2-12,24-25H,1H3. The van der Waals surface area contributed by atoms with Crippen molar-refractivity contribution in [1.29, 1.82) is 0 Å². The molecule has 0 saturated carbocycles. The molecule has 3 aromatic carbocycles. The lowest BCUT2D eigenvalue weighted by molar-refractivity contribution is 0.594. The quantitative estimate of drug-likeness (QED) is 0.495. The van der Waals surface area contributed by atoms with Crippen LogP contribution in [0.1, 0.15) is 5.56 Å². The molecule has 1 aromatic heterocycles. The third-order valence-corrected chi connectivity index (χ3v) is 5.97. The van der Waals surface area contributed by atoms with Crippen LogP contribution >= 0.6 is 0 Å². The van der Waals surface area contributed by atoms with Crippen molar-refractivity contribution in [3.8, 4) is 11.3 Å². The van der Waals surface area contributed by atoms with Crippen LogP contribution in [0.3, 0.4) is 0 Å². The van der Waals surface area contributed by atoms with Gasteiger partial charge in [-0.05, 0) is 61.0 Å². The Labute approximate surface area is 160 Å². The van der Waals surface area contributed by atoms with Gasteiger partial charge in [-0.15, -0.1) is 0 Å². The van der Waals surface area contributed by atoms with Crippen LogP contribution in [0, 0.1) is 18.6 Å². The fourth-order valence-electron chi connectivity index (χ4n) is 3.08. The molecule has 0 fully saturated rings. The lowest BCUT2D eigenvalue weighted by Gasteiger charge is -2.11. The Morgan fingerprint density at radius 2 is 1.64 bits per heavy atom. The molecular formula is C21H16F2N2O2S. The maximum absolute atomic E-state index is 13.5. The van der Waals surface area contributed by atoms with E-state index >= 15 is 0 Å². The average molecular weight is 398 g/mol. The van der Waals surface area contributed by atoms with Crippen molar-refractivity contribution < 1.29 is 17.2 Å². The summed E-state index contributed by atoms with van der Waals surface area (Å²) in [4.78, 5) is 3.07. The summed E-state index contributed by atoms with van der Waals surface area (Å²) in [5.74, 6) is -0.949. The van der Waals surface area contributed by atoms with Crippen molar-refractivity contribution in [2.24, 2.45) is 0 Å². The summed E-state index contributed by atoms with van der Waals surface area (Å²) in [6.45, 7) is 1.61. The molecule has 142 valence electrons. The molecule has 0 aliphatic carbocycles. The van der Waals surface area contributed by atoms with Crippen molar-refractivity contribution in [1.82, 2.24) is 4.98 Å². The number of anilines is 1. The molecule has 0 aliphatic heterocycles. The number of fused-ring (bicyclic) bond motifs is 1. The Kier molecular flexibility index (Phi) is 4.39. The van der Waals surface area contributed by atoms with Crippen LogP contribution in [0.2, 0.25) is 0 Å². The molecule has 0 radical (unpaired) electrons. The molecule has 28 heavy (non-hydrogen) atoms. The maximum Gasteiger partial charge on any atom is 0.262 e. The number of hydrogen-bond donors (Lipinski definition) is 2. The first kappa shape index (κ1) is 18.2. The van der Waals surface area contributed by atoms with Gasteiger partial charge in [0.25, 0.3) is 10.0 Å². The molecule has 4 nitrogen and oxygen atoms in total. The zero-order valence-corrected chi connectivity index (χ0v) is 15.6. The van der Waals surface area contributed by atoms with Crippen molar-refractivity contribution in [3.05, 3.63) is 83.9 Å². The van der Waals surface area contributed by atoms with Crippen LogP contribution in [-0.4, -0.2) is 13.4 Å². The molecule has 0 bridgehead atoms. The monoisotopic (exact) mass is 398 g/mol. The number of aryl methyl sites for hydroxylation is 1. The minimum absolute atomic E-state index is 0.112. The van der Waals surface area contributed by atoms with Gasteiger partial charge >= 0.3 is 0 Å². The van der Waals surface area contributed by atoms with Gasteiger partial charge in [0.05, 0.1) is 4.90 Å². The topological polar surface area (TPSA) is 62.0 Å². The van der Waals surface area contributed by atoms with Crippen molar-refractivity contribution in [2.75, 3.05) is 4.72 Å². The molecule has 2 N–H and O–H groups in total. The predicted molar refractivity (Wildman–Crippen MR) is 106 cm³/mol. The van der Waals surface area contributed by atoms with Gasteiger partial charge in [0.15, 0.2) is 0 Å². The Hall–Kier alpha value is -3.19. The summed E-state index contributed by atoms with van der Waals surface area (Å²) >= 11 is 0. The molecule has 0 spiro atoms. The lowest BCUT2D eigenvalue weighted by Crippen LogP contribution is -2.14. The minimum Gasteiger partial charge on any atom is -0.355 e. The Morgan fingerprint density at radius 1 is 0.893 bits per heavy atom. The largest absolute Gasteiger partial charge is 0.355 e. The van der Waals surface area contributed by atoms with Crippen LogP contribution in [0.5, 0.6) is 0 Å². The first-order valence-corrected chi connectivity index (χ1v) is 9.98. The van der Waals surface area contributed by atoms with Crippen LogP contribution < -0.4 is 4.72 Å². The number of hydrogen-bond acceptors (Lipinski definition) is 2. The van der Waals surface area contributed by atoms with E-state index in [1.807, 2.05) is 6.07 Å². The number of nitrogens with one attached hydrogen (secondary N) is 2. The number of halogens is 2. The zero-order chi connectivity index (χ0) is 19.9. The lowest BCUT2D eigenvalue weighted by atomic mass is 10.1. The van der Waals surface area contributed by atoms with E-state index in [2.05, 4.69) is 9.71 Å². The molecule has 0 atom stereocenters. The number of sulfonamides is 1. The highest BCUT2D eigenvalue weighted by molar-refractivity contribution is 7.92. The Balaban J connectivity index is 1.69. The fourth-order valence-corrected chi connectivity index (χ4v) is 4.39. The third kappa shape index (κ3) is 3.48. The number of rotatable bonds is 4. The maximum atomic E-state index is 13.5. The molecule has 0 aliphatic rings. The zero-order valence-electron chi connectivity index (χ0n) is 14.8. The summed E-state index contributed by atoms with van der Waals surface area (Å²) in [5, 5.41) is 0.719. The number of aromatic nitrogens is 1. The smallest absolute Gasteiger partial charge is 0.262 e. The number of benzene rings is 3. The highest BCUT2D eigenvalue weighted by Crippen LogP contribution is 2.28. The van der Waals surface area contributed by atoms with E-state index in [1.165, 1.54) is 24.3 Å². The molecule has 1 heterocycles. The van der Waals surface area contributed by atoms with Crippen LogP contribution in [-0.2, 0) is 10.0 Å². The van der Waals surface area contributed by atoms with E-state index in [9.17, 15) is 17.2 Å². The molecule has 0 unspecified atom stereocenters. The molecular weight excluding hydrogens is 382 g/mol. The first-order chi connectivity index (χ1) is 13.3. The normalized spacial score (nSPS) is 11.7. The van der Waals surface area contributed by atoms with E-state index in [4.69, 9.17) is 0 Å². The highest BCUT2D eigenvalue weighted by Gasteiger charge is 2.18. The van der Waals surface area contributed by atoms with E-state index in [1.54, 1.807) is 37.3 Å². The molecule has 0 saturated heterocycles. The number of H-pyrrole nitrogens is 1. The van der Waals surface area contributed by atoms with Gasteiger partial charge in [0.2, 0.25) is 0 Å². The van der Waals surface area contributed by atoms with Crippen LogP contribution in [0.4, 0.5) is 14.5 Å². The van der Waals surface area contributed by atoms with Crippen molar-refractivity contribution in [2.45, 2.75) is 11.8 Å². The Bertz CT molecular complexity index is 1300.